The second-order valence-corrected chi connectivity index (χ2v) is 5.23. The zero-order valence-electron chi connectivity index (χ0n) is 10.4. The molecule has 19 heavy (non-hydrogen) atoms. The van der Waals surface area contributed by atoms with Gasteiger partial charge in [0.05, 0.1) is 11.2 Å². The predicted molar refractivity (Wildman–Crippen MR) is 78.1 cm³/mol. The second kappa shape index (κ2) is 6.24. The molecule has 0 saturated carbocycles. The first-order chi connectivity index (χ1) is 9.04. The lowest BCUT2D eigenvalue weighted by atomic mass is 10.1. The van der Waals surface area contributed by atoms with Crippen LogP contribution in [0.5, 0.6) is 11.5 Å². The van der Waals surface area contributed by atoms with Gasteiger partial charge in [0.25, 0.3) is 0 Å². The number of aromatic nitrogens is 1. The van der Waals surface area contributed by atoms with Crippen molar-refractivity contribution in [2.45, 2.75) is 19.4 Å². The SMILES string of the molecule is CC(N)Cc1cncc(Oc2ccc(Cl)cc2Cl)c1. The molecular formula is C14H14Cl2N2O. The van der Waals surface area contributed by atoms with Crippen molar-refractivity contribution >= 4 is 23.2 Å². The average molecular weight is 297 g/mol. The summed E-state index contributed by atoms with van der Waals surface area (Å²) in [5.74, 6) is 1.17. The number of hydrogen-bond donors (Lipinski definition) is 1. The molecule has 3 nitrogen and oxygen atoms in total. The summed E-state index contributed by atoms with van der Waals surface area (Å²) in [5.41, 5.74) is 6.79. The fourth-order valence-electron chi connectivity index (χ4n) is 1.69. The lowest BCUT2D eigenvalue weighted by Gasteiger charge is -2.10. The molecule has 0 aliphatic rings. The van der Waals surface area contributed by atoms with Crippen molar-refractivity contribution in [3.8, 4) is 11.5 Å². The van der Waals surface area contributed by atoms with Crippen LogP contribution < -0.4 is 10.5 Å². The smallest absolute Gasteiger partial charge is 0.146 e. The van der Waals surface area contributed by atoms with Crippen LogP contribution >= 0.6 is 23.2 Å². The van der Waals surface area contributed by atoms with E-state index in [-0.39, 0.29) is 6.04 Å². The van der Waals surface area contributed by atoms with E-state index in [9.17, 15) is 0 Å². The normalized spacial score (nSPS) is 12.2. The van der Waals surface area contributed by atoms with Gasteiger partial charge in [0.1, 0.15) is 11.5 Å². The summed E-state index contributed by atoms with van der Waals surface area (Å²) in [4.78, 5) is 4.13. The van der Waals surface area contributed by atoms with Gasteiger partial charge in [-0.15, -0.1) is 0 Å². The number of hydrogen-bond acceptors (Lipinski definition) is 3. The van der Waals surface area contributed by atoms with Crippen LogP contribution in [0.3, 0.4) is 0 Å². The zero-order valence-corrected chi connectivity index (χ0v) is 11.9. The Morgan fingerprint density at radius 1 is 1.26 bits per heavy atom. The van der Waals surface area contributed by atoms with Gasteiger partial charge in [0.2, 0.25) is 0 Å². The van der Waals surface area contributed by atoms with E-state index in [1.165, 1.54) is 0 Å². The first kappa shape index (κ1) is 14.1. The highest BCUT2D eigenvalue weighted by Gasteiger charge is 2.06. The Kier molecular flexibility index (Phi) is 4.64. The summed E-state index contributed by atoms with van der Waals surface area (Å²) in [5, 5.41) is 1.03. The molecule has 2 N–H and O–H groups in total. The van der Waals surface area contributed by atoms with E-state index in [0.717, 1.165) is 12.0 Å². The number of halogens is 2. The van der Waals surface area contributed by atoms with Gasteiger partial charge in [0, 0.05) is 17.3 Å². The standard InChI is InChI=1S/C14H14Cl2N2O/c1-9(17)4-10-5-12(8-18-7-10)19-14-3-2-11(15)6-13(14)16/h2-3,5-9H,4,17H2,1H3. The summed E-state index contributed by atoms with van der Waals surface area (Å²) in [6, 6.07) is 7.07. The molecule has 0 amide bonds. The Morgan fingerprint density at radius 3 is 2.74 bits per heavy atom. The molecule has 1 aromatic heterocycles. The van der Waals surface area contributed by atoms with E-state index in [2.05, 4.69) is 4.98 Å². The summed E-state index contributed by atoms with van der Waals surface area (Å²) in [7, 11) is 0. The van der Waals surface area contributed by atoms with E-state index < -0.39 is 0 Å². The molecule has 1 aromatic carbocycles. The Morgan fingerprint density at radius 2 is 2.05 bits per heavy atom. The van der Waals surface area contributed by atoms with E-state index in [0.29, 0.717) is 21.5 Å². The van der Waals surface area contributed by atoms with Crippen LogP contribution in [-0.4, -0.2) is 11.0 Å². The molecular weight excluding hydrogens is 283 g/mol. The first-order valence-corrected chi connectivity index (χ1v) is 6.62. The maximum Gasteiger partial charge on any atom is 0.146 e. The predicted octanol–water partition coefficient (Wildman–Crippen LogP) is 4.07. The third-order valence-electron chi connectivity index (χ3n) is 2.45. The summed E-state index contributed by atoms with van der Waals surface area (Å²) >= 11 is 11.9. The van der Waals surface area contributed by atoms with Crippen LogP contribution in [0.2, 0.25) is 10.0 Å². The average Bonchev–Trinajstić information content (AvgIpc) is 2.32. The maximum absolute atomic E-state index is 6.05. The Labute approximate surface area is 122 Å². The minimum absolute atomic E-state index is 0.0798. The van der Waals surface area contributed by atoms with Gasteiger partial charge in [-0.1, -0.05) is 23.2 Å². The number of rotatable bonds is 4. The molecule has 100 valence electrons. The van der Waals surface area contributed by atoms with Gasteiger partial charge in [-0.25, -0.2) is 0 Å². The zero-order chi connectivity index (χ0) is 13.8. The van der Waals surface area contributed by atoms with Gasteiger partial charge in [-0.05, 0) is 43.2 Å². The molecule has 0 aliphatic heterocycles. The second-order valence-electron chi connectivity index (χ2n) is 4.39. The molecule has 0 bridgehead atoms. The summed E-state index contributed by atoms with van der Waals surface area (Å²) < 4.78 is 5.69. The molecule has 5 heteroatoms. The first-order valence-electron chi connectivity index (χ1n) is 5.87. The maximum atomic E-state index is 6.05. The number of nitrogens with two attached hydrogens (primary N) is 1. The van der Waals surface area contributed by atoms with Gasteiger partial charge < -0.3 is 10.5 Å². The molecule has 1 atom stereocenters. The van der Waals surface area contributed by atoms with E-state index >= 15 is 0 Å². The van der Waals surface area contributed by atoms with Gasteiger partial charge >= 0.3 is 0 Å². The highest BCUT2D eigenvalue weighted by Crippen LogP contribution is 2.31. The topological polar surface area (TPSA) is 48.1 Å². The van der Waals surface area contributed by atoms with E-state index in [4.69, 9.17) is 33.7 Å². The molecule has 2 rings (SSSR count). The monoisotopic (exact) mass is 296 g/mol. The summed E-state index contributed by atoms with van der Waals surface area (Å²) in [6.07, 6.45) is 4.16. The van der Waals surface area contributed by atoms with E-state index in [1.807, 2.05) is 13.0 Å². The minimum Gasteiger partial charge on any atom is -0.454 e. The van der Waals surface area contributed by atoms with Crippen molar-refractivity contribution in [1.29, 1.82) is 0 Å². The van der Waals surface area contributed by atoms with Crippen molar-refractivity contribution in [2.75, 3.05) is 0 Å². The van der Waals surface area contributed by atoms with Crippen LogP contribution in [0.1, 0.15) is 12.5 Å². The lowest BCUT2D eigenvalue weighted by molar-refractivity contribution is 0.479. The molecule has 2 aromatic rings. The van der Waals surface area contributed by atoms with Crippen LogP contribution in [0, 0.1) is 0 Å². The third kappa shape index (κ3) is 4.10. The molecule has 1 unspecified atom stereocenters. The molecule has 0 fully saturated rings. The van der Waals surface area contributed by atoms with Crippen LogP contribution in [-0.2, 0) is 6.42 Å². The summed E-state index contributed by atoms with van der Waals surface area (Å²) in [6.45, 7) is 1.95. The largest absolute Gasteiger partial charge is 0.454 e. The van der Waals surface area contributed by atoms with E-state index in [1.54, 1.807) is 30.6 Å². The van der Waals surface area contributed by atoms with Gasteiger partial charge in [-0.3, -0.25) is 4.98 Å². The van der Waals surface area contributed by atoms with Crippen LogP contribution in [0.25, 0.3) is 0 Å². The van der Waals surface area contributed by atoms with Crippen LogP contribution in [0.15, 0.2) is 36.7 Å². The quantitative estimate of drug-likeness (QED) is 0.925. The molecule has 0 spiro atoms. The highest BCUT2D eigenvalue weighted by molar-refractivity contribution is 6.35. The van der Waals surface area contributed by atoms with Crippen molar-refractivity contribution in [1.82, 2.24) is 4.98 Å². The lowest BCUT2D eigenvalue weighted by Crippen LogP contribution is -2.17. The number of nitrogens with zero attached hydrogens (tertiary/aromatic N) is 1. The van der Waals surface area contributed by atoms with Gasteiger partial charge in [-0.2, -0.15) is 0 Å². The van der Waals surface area contributed by atoms with Gasteiger partial charge in [0.15, 0.2) is 0 Å². The Balaban J connectivity index is 2.18. The highest BCUT2D eigenvalue weighted by atomic mass is 35.5. The van der Waals surface area contributed by atoms with Crippen molar-refractivity contribution < 1.29 is 4.74 Å². The third-order valence-corrected chi connectivity index (χ3v) is 2.98. The van der Waals surface area contributed by atoms with Crippen LogP contribution in [0.4, 0.5) is 0 Å². The number of pyridine rings is 1. The molecule has 0 radical (unpaired) electrons. The Hall–Kier alpha value is -1.29. The molecule has 0 saturated heterocycles. The molecule has 1 heterocycles. The van der Waals surface area contributed by atoms with Crippen molar-refractivity contribution in [2.24, 2.45) is 5.73 Å². The Bertz CT molecular complexity index is 573. The minimum atomic E-state index is 0.0798. The number of ether oxygens (including phenoxy) is 1. The molecule has 0 aliphatic carbocycles. The number of benzene rings is 1. The van der Waals surface area contributed by atoms with Crippen molar-refractivity contribution in [3.05, 3.63) is 52.3 Å². The fourth-order valence-corrected chi connectivity index (χ4v) is 2.13. The van der Waals surface area contributed by atoms with Crippen molar-refractivity contribution in [3.63, 3.8) is 0 Å². The fraction of sp³-hybridized carbons (Fsp3) is 0.214.